The van der Waals surface area contributed by atoms with Gasteiger partial charge in [0.05, 0.1) is 42.8 Å². The van der Waals surface area contributed by atoms with Crippen molar-refractivity contribution in [2.75, 3.05) is 6.61 Å². The van der Waals surface area contributed by atoms with Gasteiger partial charge in [0, 0.05) is 13.5 Å². The predicted octanol–water partition coefficient (Wildman–Crippen LogP) is 3.37. The lowest BCUT2D eigenvalue weighted by molar-refractivity contribution is -0.143. The van der Waals surface area contributed by atoms with E-state index in [2.05, 4.69) is 20.6 Å². The molecule has 35 heavy (non-hydrogen) atoms. The number of alkyl carbamates (subject to hydrolysis) is 1. The van der Waals surface area contributed by atoms with Gasteiger partial charge in [-0.05, 0) is 43.4 Å². The molecule has 0 bridgehead atoms. The Morgan fingerprint density at radius 1 is 1.17 bits per heavy atom. The molecular formula is C25H29N5O5. The molecule has 10 nitrogen and oxygen atoms in total. The third-order valence-electron chi connectivity index (χ3n) is 6.07. The Labute approximate surface area is 203 Å². The van der Waals surface area contributed by atoms with E-state index in [0.29, 0.717) is 42.1 Å². The highest BCUT2D eigenvalue weighted by atomic mass is 16.5. The highest BCUT2D eigenvalue weighted by Crippen LogP contribution is 2.28. The number of amides is 1. The Hall–Kier alpha value is -3.95. The highest BCUT2D eigenvalue weighted by Gasteiger charge is 2.28. The molecule has 2 atom stereocenters. The average molecular weight is 480 g/mol. The lowest BCUT2D eigenvalue weighted by Gasteiger charge is -2.27. The van der Waals surface area contributed by atoms with Gasteiger partial charge in [-0.15, -0.1) is 5.10 Å². The summed E-state index contributed by atoms with van der Waals surface area (Å²) in [5.74, 6) is -0.549. The van der Waals surface area contributed by atoms with Gasteiger partial charge in [-0.1, -0.05) is 35.5 Å². The molecule has 2 N–H and O–H groups in total. The molecule has 0 radical (unpaired) electrons. The first-order valence-corrected chi connectivity index (χ1v) is 11.7. The number of carbonyl (C=O) groups excluding carboxylic acids is 1. The smallest absolute Gasteiger partial charge is 0.407 e. The van der Waals surface area contributed by atoms with Gasteiger partial charge in [0.1, 0.15) is 11.4 Å². The number of carboxylic acid groups (broad SMARTS) is 1. The van der Waals surface area contributed by atoms with Crippen LogP contribution in [0.25, 0.3) is 11.4 Å². The molecule has 1 aliphatic carbocycles. The van der Waals surface area contributed by atoms with Crippen molar-refractivity contribution in [3.8, 4) is 17.1 Å². The van der Waals surface area contributed by atoms with Gasteiger partial charge >= 0.3 is 12.1 Å². The number of ether oxygens (including phenoxy) is 2. The Morgan fingerprint density at radius 2 is 2.00 bits per heavy atom. The molecule has 2 heterocycles. The maximum atomic E-state index is 12.1. The number of hydrogen-bond acceptors (Lipinski definition) is 7. The van der Waals surface area contributed by atoms with Crippen LogP contribution in [0, 0.1) is 5.92 Å². The van der Waals surface area contributed by atoms with Gasteiger partial charge in [-0.2, -0.15) is 0 Å². The Balaban J connectivity index is 1.31. The Kier molecular flexibility index (Phi) is 7.92. The van der Waals surface area contributed by atoms with E-state index in [1.54, 1.807) is 30.1 Å². The van der Waals surface area contributed by atoms with E-state index in [1.165, 1.54) is 0 Å². The molecule has 0 saturated heterocycles. The summed E-state index contributed by atoms with van der Waals surface area (Å²) in [7, 11) is 1.74. The maximum absolute atomic E-state index is 12.1. The average Bonchev–Trinajstić information content (AvgIpc) is 3.24. The van der Waals surface area contributed by atoms with Gasteiger partial charge < -0.3 is 19.9 Å². The monoisotopic (exact) mass is 479 g/mol. The number of nitrogens with zero attached hydrogens (tertiary/aromatic N) is 4. The van der Waals surface area contributed by atoms with Gasteiger partial charge in [0.25, 0.3) is 0 Å². The number of benzene rings is 1. The van der Waals surface area contributed by atoms with Gasteiger partial charge in [-0.3, -0.25) is 9.78 Å². The van der Waals surface area contributed by atoms with Crippen LogP contribution in [0.5, 0.6) is 5.75 Å². The lowest BCUT2D eigenvalue weighted by Crippen LogP contribution is -2.29. The number of pyridine rings is 1. The van der Waals surface area contributed by atoms with Crippen molar-refractivity contribution in [3.05, 3.63) is 59.9 Å². The molecule has 1 aliphatic rings. The molecule has 1 amide bonds. The molecule has 2 aromatic heterocycles. The lowest BCUT2D eigenvalue weighted by atomic mass is 9.87. The minimum Gasteiger partial charge on any atom is -0.489 e. The third-order valence-corrected chi connectivity index (χ3v) is 6.07. The summed E-state index contributed by atoms with van der Waals surface area (Å²) < 4.78 is 12.8. The van der Waals surface area contributed by atoms with Crippen LogP contribution in [0.15, 0.2) is 48.7 Å². The third kappa shape index (κ3) is 6.56. The maximum Gasteiger partial charge on any atom is 0.407 e. The van der Waals surface area contributed by atoms with Crippen LogP contribution >= 0.6 is 0 Å². The molecule has 0 aliphatic heterocycles. The van der Waals surface area contributed by atoms with Gasteiger partial charge in [0.2, 0.25) is 0 Å². The molecular weight excluding hydrogens is 450 g/mol. The zero-order valence-corrected chi connectivity index (χ0v) is 19.6. The van der Waals surface area contributed by atoms with Crippen molar-refractivity contribution in [2.45, 2.75) is 44.8 Å². The van der Waals surface area contributed by atoms with Crippen molar-refractivity contribution >= 4 is 12.1 Å². The number of rotatable bonds is 9. The van der Waals surface area contributed by atoms with E-state index in [-0.39, 0.29) is 25.2 Å². The van der Waals surface area contributed by atoms with Crippen LogP contribution in [-0.4, -0.2) is 49.9 Å². The quantitative estimate of drug-likeness (QED) is 0.478. The topological polar surface area (TPSA) is 128 Å². The van der Waals surface area contributed by atoms with E-state index < -0.39 is 12.1 Å². The summed E-state index contributed by atoms with van der Waals surface area (Å²) >= 11 is 0. The van der Waals surface area contributed by atoms with E-state index in [9.17, 15) is 14.7 Å². The molecule has 3 aromatic rings. The summed E-state index contributed by atoms with van der Waals surface area (Å²) in [6, 6.07) is 13.4. The molecule has 184 valence electrons. The van der Waals surface area contributed by atoms with Crippen LogP contribution in [0.2, 0.25) is 0 Å². The number of hydrogen-bond donors (Lipinski definition) is 2. The molecule has 10 heteroatoms. The standard InChI is InChI=1S/C25H29N5O5/c1-30-22(16-27-25(33)34-13-12-17-6-3-2-4-7-17)23(28-29-30)21-11-10-20(15-26-21)35-19-9-5-8-18(14-19)24(31)32/h2-4,6-7,10-11,15,18-19H,5,8-9,12-14,16H2,1H3,(H,27,33)(H,31,32)/t18?,19-/m0/s1. The summed E-state index contributed by atoms with van der Waals surface area (Å²) in [5.41, 5.74) is 2.92. The van der Waals surface area contributed by atoms with E-state index in [1.807, 2.05) is 30.3 Å². The number of nitrogens with one attached hydrogen (secondary N) is 1. The number of aryl methyl sites for hydroxylation is 1. The van der Waals surface area contributed by atoms with Crippen LogP contribution in [0.4, 0.5) is 4.79 Å². The second kappa shape index (κ2) is 11.5. The summed E-state index contributed by atoms with van der Waals surface area (Å²) in [6.45, 7) is 0.463. The van der Waals surface area contributed by atoms with Crippen molar-refractivity contribution in [1.29, 1.82) is 0 Å². The van der Waals surface area contributed by atoms with Crippen LogP contribution in [-0.2, 0) is 29.5 Å². The SMILES string of the molecule is Cn1nnc(-c2ccc(O[C@H]3CCCC(C(=O)O)C3)cn2)c1CNC(=O)OCCc1ccccc1. The number of carboxylic acids is 1. The normalized spacial score (nSPS) is 17.5. The number of aromatic nitrogens is 4. The molecule has 1 aromatic carbocycles. The molecule has 4 rings (SSSR count). The van der Waals surface area contributed by atoms with Crippen molar-refractivity contribution < 1.29 is 24.2 Å². The molecule has 0 spiro atoms. The van der Waals surface area contributed by atoms with E-state index in [4.69, 9.17) is 9.47 Å². The van der Waals surface area contributed by atoms with E-state index >= 15 is 0 Å². The zero-order valence-electron chi connectivity index (χ0n) is 19.6. The van der Waals surface area contributed by atoms with Crippen LogP contribution < -0.4 is 10.1 Å². The molecule has 1 unspecified atom stereocenters. The summed E-state index contributed by atoms with van der Waals surface area (Å²) in [5, 5.41) is 20.3. The first-order chi connectivity index (χ1) is 17.0. The van der Waals surface area contributed by atoms with Gasteiger partial charge in [0.15, 0.2) is 0 Å². The number of aliphatic carboxylic acids is 1. The minimum atomic E-state index is -0.768. The molecule has 1 fully saturated rings. The largest absolute Gasteiger partial charge is 0.489 e. The fourth-order valence-electron chi connectivity index (χ4n) is 4.15. The highest BCUT2D eigenvalue weighted by molar-refractivity contribution is 5.70. The Bertz CT molecular complexity index is 1130. The van der Waals surface area contributed by atoms with Crippen molar-refractivity contribution in [2.24, 2.45) is 13.0 Å². The second-order valence-electron chi connectivity index (χ2n) is 8.55. The fraction of sp³-hybridized carbons (Fsp3) is 0.400. The zero-order chi connectivity index (χ0) is 24.6. The first-order valence-electron chi connectivity index (χ1n) is 11.7. The van der Waals surface area contributed by atoms with Crippen LogP contribution in [0.1, 0.15) is 36.9 Å². The molecule has 1 saturated carbocycles. The first kappa shape index (κ1) is 24.2. The van der Waals surface area contributed by atoms with Gasteiger partial charge in [-0.25, -0.2) is 9.48 Å². The minimum absolute atomic E-state index is 0.137. The van der Waals surface area contributed by atoms with Crippen LogP contribution in [0.3, 0.4) is 0 Å². The summed E-state index contributed by atoms with van der Waals surface area (Å²) in [6.07, 6.45) is 4.44. The Morgan fingerprint density at radius 3 is 2.74 bits per heavy atom. The van der Waals surface area contributed by atoms with Crippen molar-refractivity contribution in [3.63, 3.8) is 0 Å². The second-order valence-corrected chi connectivity index (χ2v) is 8.55. The van der Waals surface area contributed by atoms with Crippen molar-refractivity contribution in [1.82, 2.24) is 25.3 Å². The van der Waals surface area contributed by atoms with E-state index in [0.717, 1.165) is 18.4 Å². The number of carbonyl (C=O) groups is 2. The fourth-order valence-corrected chi connectivity index (χ4v) is 4.15. The predicted molar refractivity (Wildman–Crippen MR) is 127 cm³/mol. The summed E-state index contributed by atoms with van der Waals surface area (Å²) in [4.78, 5) is 27.9.